The van der Waals surface area contributed by atoms with Gasteiger partial charge in [-0.1, -0.05) is 26.2 Å². The van der Waals surface area contributed by atoms with Crippen LogP contribution in [0.1, 0.15) is 33.3 Å². The van der Waals surface area contributed by atoms with Gasteiger partial charge >= 0.3 is 0 Å². The van der Waals surface area contributed by atoms with Gasteiger partial charge in [0.15, 0.2) is 5.78 Å². The minimum atomic E-state index is 0. The van der Waals surface area contributed by atoms with Crippen molar-refractivity contribution in [1.82, 2.24) is 0 Å². The molecule has 1 aromatic carbocycles. The van der Waals surface area contributed by atoms with Crippen LogP contribution in [0.25, 0.3) is 0 Å². The van der Waals surface area contributed by atoms with Gasteiger partial charge in [-0.25, -0.2) is 0 Å². The quantitative estimate of drug-likeness (QED) is 0.634. The molecular weight excluding hydrogens is 291 g/mol. The topological polar surface area (TPSA) is 26.3 Å². The van der Waals surface area contributed by atoms with Crippen LogP contribution >= 0.6 is 0 Å². The zero-order valence-electron chi connectivity index (χ0n) is 10.1. The maximum Gasteiger partial charge on any atom is 0.167 e. The van der Waals surface area contributed by atoms with Gasteiger partial charge in [0.25, 0.3) is 0 Å². The Morgan fingerprint density at radius 1 is 1.38 bits per heavy atom. The summed E-state index contributed by atoms with van der Waals surface area (Å²) in [4.78, 5) is 10.7. The molecule has 0 spiro atoms. The second-order valence-corrected chi connectivity index (χ2v) is 4.68. The van der Waals surface area contributed by atoms with Gasteiger partial charge < -0.3 is 4.74 Å². The zero-order valence-corrected chi connectivity index (χ0v) is 11.7. The molecule has 0 heterocycles. The first-order valence-corrected chi connectivity index (χ1v) is 5.04. The molecule has 0 N–H and O–H groups in total. The van der Waals surface area contributed by atoms with E-state index in [0.717, 1.165) is 0 Å². The molecule has 0 saturated carbocycles. The van der Waals surface area contributed by atoms with Crippen molar-refractivity contribution in [2.75, 3.05) is 6.61 Å². The van der Waals surface area contributed by atoms with Crippen LogP contribution in [0.3, 0.4) is 0 Å². The van der Waals surface area contributed by atoms with Gasteiger partial charge in [-0.05, 0) is 6.92 Å². The number of hydrogen-bond donors (Lipinski definition) is 0. The maximum atomic E-state index is 10.7. The number of hydrogen-bond acceptors (Lipinski definition) is 2. The Balaban J connectivity index is 0.00000225. The molecule has 2 nitrogen and oxygen atoms in total. The van der Waals surface area contributed by atoms with Crippen LogP contribution in [0.4, 0.5) is 0 Å². The van der Waals surface area contributed by atoms with E-state index in [1.807, 2.05) is 18.2 Å². The van der Waals surface area contributed by atoms with Gasteiger partial charge in [-0.15, -0.1) is 12.1 Å². The molecule has 0 fully saturated rings. The van der Waals surface area contributed by atoms with Crippen LogP contribution in [0.15, 0.2) is 18.2 Å². The number of carbonyl (C=O) groups excluding carboxylic acids is 1. The second-order valence-electron chi connectivity index (χ2n) is 4.68. The van der Waals surface area contributed by atoms with Crippen LogP contribution in [0.2, 0.25) is 0 Å². The molecular formula is C13H17O2Rh-. The summed E-state index contributed by atoms with van der Waals surface area (Å²) in [6.45, 7) is 8.06. The van der Waals surface area contributed by atoms with E-state index < -0.39 is 0 Å². The third-order valence-electron chi connectivity index (χ3n) is 2.08. The molecule has 0 saturated heterocycles. The van der Waals surface area contributed by atoms with Gasteiger partial charge in [0.1, 0.15) is 6.61 Å². The van der Waals surface area contributed by atoms with Crippen molar-refractivity contribution in [3.05, 3.63) is 29.8 Å². The number of rotatable bonds is 3. The smallest absolute Gasteiger partial charge is 0.167 e. The first-order chi connectivity index (χ1) is 6.89. The second kappa shape index (κ2) is 6.15. The molecule has 0 aliphatic heterocycles. The summed E-state index contributed by atoms with van der Waals surface area (Å²) in [6, 6.07) is 8.79. The Labute approximate surface area is 110 Å². The minimum Gasteiger partial charge on any atom is -0.512 e. The van der Waals surface area contributed by atoms with Crippen molar-refractivity contribution < 1.29 is 29.0 Å². The van der Waals surface area contributed by atoms with Crippen molar-refractivity contribution in [3.63, 3.8) is 0 Å². The van der Waals surface area contributed by atoms with Crippen LogP contribution in [-0.2, 0) is 29.7 Å². The van der Waals surface area contributed by atoms with Gasteiger partial charge in [0.2, 0.25) is 0 Å². The van der Waals surface area contributed by atoms with Gasteiger partial charge in [-0.2, -0.15) is 17.7 Å². The summed E-state index contributed by atoms with van der Waals surface area (Å²) >= 11 is 0. The largest absolute Gasteiger partial charge is 0.512 e. The molecule has 1 rings (SSSR count). The van der Waals surface area contributed by atoms with E-state index >= 15 is 0 Å². The number of benzene rings is 1. The number of carbonyl (C=O) groups is 1. The van der Waals surface area contributed by atoms with Crippen molar-refractivity contribution in [2.45, 2.75) is 33.1 Å². The molecule has 0 amide bonds. The molecule has 1 radical (unpaired) electrons. The molecule has 0 bridgehead atoms. The minimum absolute atomic E-state index is 0. The Bertz CT molecular complexity index is 336. The molecule has 0 atom stereocenters. The van der Waals surface area contributed by atoms with E-state index in [4.69, 9.17) is 4.74 Å². The average molecular weight is 308 g/mol. The maximum absolute atomic E-state index is 10.7. The monoisotopic (exact) mass is 308 g/mol. The van der Waals surface area contributed by atoms with Crippen LogP contribution in [0, 0.1) is 6.07 Å². The predicted octanol–water partition coefficient (Wildman–Crippen LogP) is 2.75. The normalized spacial score (nSPS) is 10.5. The summed E-state index contributed by atoms with van der Waals surface area (Å²) in [6.07, 6.45) is 0. The number of Topliss-reactive ketones (excluding diaryl/α,β-unsaturated/α-hetero) is 1. The summed E-state index contributed by atoms with van der Waals surface area (Å²) in [5.74, 6) is 0.640. The SMILES string of the molecule is CC(=O)COc1[c-]cc(C(C)(C)C)cc1.[Rh]. The fourth-order valence-corrected chi connectivity index (χ4v) is 1.15. The van der Waals surface area contributed by atoms with E-state index in [1.165, 1.54) is 12.5 Å². The Morgan fingerprint density at radius 2 is 2.00 bits per heavy atom. The van der Waals surface area contributed by atoms with Crippen molar-refractivity contribution >= 4 is 5.78 Å². The zero-order chi connectivity index (χ0) is 11.5. The van der Waals surface area contributed by atoms with Gasteiger partial charge in [0, 0.05) is 25.2 Å². The third kappa shape index (κ3) is 4.89. The Morgan fingerprint density at radius 3 is 2.38 bits per heavy atom. The van der Waals surface area contributed by atoms with E-state index in [9.17, 15) is 4.79 Å². The predicted molar refractivity (Wildman–Crippen MR) is 60.2 cm³/mol. The van der Waals surface area contributed by atoms with E-state index in [1.54, 1.807) is 0 Å². The summed E-state index contributed by atoms with van der Waals surface area (Å²) in [5, 5.41) is 0. The fourth-order valence-electron chi connectivity index (χ4n) is 1.15. The summed E-state index contributed by atoms with van der Waals surface area (Å²) < 4.78 is 5.23. The summed E-state index contributed by atoms with van der Waals surface area (Å²) in [7, 11) is 0. The Hall–Kier alpha value is -0.687. The molecule has 0 aliphatic rings. The number of ketones is 1. The van der Waals surface area contributed by atoms with E-state index in [-0.39, 0.29) is 37.3 Å². The first-order valence-electron chi connectivity index (χ1n) is 5.04. The van der Waals surface area contributed by atoms with Crippen LogP contribution in [-0.4, -0.2) is 12.4 Å². The van der Waals surface area contributed by atoms with Crippen LogP contribution < -0.4 is 4.74 Å². The molecule has 91 valence electrons. The molecule has 3 heteroatoms. The van der Waals surface area contributed by atoms with Gasteiger partial charge in [0.05, 0.1) is 0 Å². The molecule has 0 unspecified atom stereocenters. The molecule has 1 aromatic rings. The summed E-state index contributed by atoms with van der Waals surface area (Å²) in [5.41, 5.74) is 1.33. The van der Waals surface area contributed by atoms with Crippen molar-refractivity contribution in [1.29, 1.82) is 0 Å². The first kappa shape index (κ1) is 15.3. The third-order valence-corrected chi connectivity index (χ3v) is 2.08. The standard InChI is InChI=1S/C13H17O2.Rh/c1-10(14)9-15-12-7-5-11(6-8-12)13(2,3)4;/h5-7H,9H2,1-4H3;/q-1;. The van der Waals surface area contributed by atoms with Crippen molar-refractivity contribution in [2.24, 2.45) is 0 Å². The van der Waals surface area contributed by atoms with E-state index in [2.05, 4.69) is 26.8 Å². The van der Waals surface area contributed by atoms with Crippen molar-refractivity contribution in [3.8, 4) is 5.75 Å². The Kier molecular flexibility index (Phi) is 5.88. The van der Waals surface area contributed by atoms with E-state index in [0.29, 0.717) is 5.75 Å². The molecule has 0 aromatic heterocycles. The molecule has 0 aliphatic carbocycles. The fraction of sp³-hybridized carbons (Fsp3) is 0.462. The molecule has 16 heavy (non-hydrogen) atoms. The number of ether oxygens (including phenoxy) is 1. The van der Waals surface area contributed by atoms with Crippen LogP contribution in [0.5, 0.6) is 5.75 Å². The average Bonchev–Trinajstić information content (AvgIpc) is 2.14. The van der Waals surface area contributed by atoms with Gasteiger partial charge in [-0.3, -0.25) is 4.79 Å².